The Hall–Kier alpha value is -2.82. The molecule has 1 aliphatic carbocycles. The van der Waals surface area contributed by atoms with Crippen molar-refractivity contribution in [3.05, 3.63) is 48.5 Å². The standard InChI is InChI=1S/C28H37N3O2/c1-21(2)29-27(32)16-10-5-11-19-33-24-17-18-25-26(20-24)31(23-14-8-4-9-15-23)28(30-25)22-12-6-3-7-13-22/h3,6-7,12-13,17-18,20-21,23H,4-5,8-11,14-16,19H2,1-2H3,(H,29,32). The summed E-state index contributed by atoms with van der Waals surface area (Å²) in [6.07, 6.45) is 9.74. The van der Waals surface area contributed by atoms with Crippen LogP contribution in [-0.2, 0) is 4.79 Å². The largest absolute Gasteiger partial charge is 0.494 e. The summed E-state index contributed by atoms with van der Waals surface area (Å²) in [4.78, 5) is 16.8. The average molecular weight is 448 g/mol. The number of nitrogens with zero attached hydrogens (tertiary/aromatic N) is 2. The molecule has 1 fully saturated rings. The molecule has 33 heavy (non-hydrogen) atoms. The van der Waals surface area contributed by atoms with Crippen LogP contribution in [-0.4, -0.2) is 28.1 Å². The fourth-order valence-corrected chi connectivity index (χ4v) is 4.81. The van der Waals surface area contributed by atoms with Crippen LogP contribution in [0, 0.1) is 0 Å². The van der Waals surface area contributed by atoms with Crippen molar-refractivity contribution in [3.63, 3.8) is 0 Å². The molecule has 1 aromatic heterocycles. The van der Waals surface area contributed by atoms with E-state index in [4.69, 9.17) is 9.72 Å². The second-order valence-electron chi connectivity index (χ2n) is 9.50. The molecule has 5 heteroatoms. The number of unbranched alkanes of at least 4 members (excludes halogenated alkanes) is 2. The first-order chi connectivity index (χ1) is 16.1. The number of ether oxygens (including phenoxy) is 1. The van der Waals surface area contributed by atoms with Gasteiger partial charge < -0.3 is 14.6 Å². The molecule has 4 rings (SSSR count). The predicted molar refractivity (Wildman–Crippen MR) is 135 cm³/mol. The van der Waals surface area contributed by atoms with Crippen LogP contribution >= 0.6 is 0 Å². The highest BCUT2D eigenvalue weighted by atomic mass is 16.5. The number of carbonyl (C=O) groups is 1. The molecule has 1 amide bonds. The second kappa shape index (κ2) is 11.4. The number of rotatable bonds is 10. The lowest BCUT2D eigenvalue weighted by atomic mass is 9.95. The summed E-state index contributed by atoms with van der Waals surface area (Å²) in [7, 11) is 0. The summed E-state index contributed by atoms with van der Waals surface area (Å²) in [5, 5.41) is 2.94. The summed E-state index contributed by atoms with van der Waals surface area (Å²) >= 11 is 0. The number of hydrogen-bond acceptors (Lipinski definition) is 3. The van der Waals surface area contributed by atoms with Gasteiger partial charge in [0, 0.05) is 30.1 Å². The van der Waals surface area contributed by atoms with E-state index >= 15 is 0 Å². The molecule has 0 aliphatic heterocycles. The van der Waals surface area contributed by atoms with E-state index in [-0.39, 0.29) is 11.9 Å². The van der Waals surface area contributed by atoms with Gasteiger partial charge in [0.1, 0.15) is 11.6 Å². The van der Waals surface area contributed by atoms with Gasteiger partial charge in [0.15, 0.2) is 0 Å². The molecule has 2 aromatic carbocycles. The number of fused-ring (bicyclic) bond motifs is 1. The van der Waals surface area contributed by atoms with Gasteiger partial charge >= 0.3 is 0 Å². The van der Waals surface area contributed by atoms with Crippen molar-refractivity contribution in [3.8, 4) is 17.1 Å². The van der Waals surface area contributed by atoms with Crippen molar-refractivity contribution < 1.29 is 9.53 Å². The third-order valence-corrected chi connectivity index (χ3v) is 6.40. The molecule has 1 aliphatic rings. The minimum Gasteiger partial charge on any atom is -0.494 e. The van der Waals surface area contributed by atoms with Crippen LogP contribution in [0.4, 0.5) is 0 Å². The maximum absolute atomic E-state index is 11.7. The molecule has 0 unspecified atom stereocenters. The first-order valence-corrected chi connectivity index (χ1v) is 12.6. The van der Waals surface area contributed by atoms with Crippen molar-refractivity contribution in [2.24, 2.45) is 0 Å². The fraction of sp³-hybridized carbons (Fsp3) is 0.500. The van der Waals surface area contributed by atoms with Crippen molar-refractivity contribution in [1.29, 1.82) is 0 Å². The maximum Gasteiger partial charge on any atom is 0.220 e. The smallest absolute Gasteiger partial charge is 0.220 e. The van der Waals surface area contributed by atoms with Crippen LogP contribution in [0.1, 0.15) is 77.7 Å². The van der Waals surface area contributed by atoms with Crippen molar-refractivity contribution >= 4 is 16.9 Å². The van der Waals surface area contributed by atoms with E-state index in [2.05, 4.69) is 52.3 Å². The van der Waals surface area contributed by atoms with Crippen LogP contribution in [0.15, 0.2) is 48.5 Å². The minimum atomic E-state index is 0.140. The number of nitrogens with one attached hydrogen (secondary N) is 1. The van der Waals surface area contributed by atoms with E-state index in [1.165, 1.54) is 43.2 Å². The van der Waals surface area contributed by atoms with Gasteiger partial charge in [-0.1, -0.05) is 49.6 Å². The van der Waals surface area contributed by atoms with E-state index in [0.29, 0.717) is 19.1 Å². The lowest BCUT2D eigenvalue weighted by molar-refractivity contribution is -0.121. The normalized spacial score (nSPS) is 14.6. The summed E-state index contributed by atoms with van der Waals surface area (Å²) in [6.45, 7) is 4.65. The van der Waals surface area contributed by atoms with E-state index in [9.17, 15) is 4.79 Å². The molecule has 0 atom stereocenters. The third kappa shape index (κ3) is 6.16. The lowest BCUT2D eigenvalue weighted by Crippen LogP contribution is -2.29. The first kappa shape index (κ1) is 23.3. The Bertz CT molecular complexity index is 1040. The van der Waals surface area contributed by atoms with E-state index < -0.39 is 0 Å². The van der Waals surface area contributed by atoms with Crippen LogP contribution in [0.3, 0.4) is 0 Å². The lowest BCUT2D eigenvalue weighted by Gasteiger charge is -2.25. The molecular weight excluding hydrogens is 410 g/mol. The van der Waals surface area contributed by atoms with Gasteiger partial charge in [-0.25, -0.2) is 4.98 Å². The quantitative estimate of drug-likeness (QED) is 0.353. The van der Waals surface area contributed by atoms with Crippen molar-refractivity contribution in [2.45, 2.75) is 83.7 Å². The predicted octanol–water partition coefficient (Wildman–Crippen LogP) is 6.67. The van der Waals surface area contributed by atoms with Crippen LogP contribution in [0.5, 0.6) is 5.75 Å². The third-order valence-electron chi connectivity index (χ3n) is 6.40. The Morgan fingerprint density at radius 3 is 2.61 bits per heavy atom. The number of amides is 1. The highest BCUT2D eigenvalue weighted by Crippen LogP contribution is 2.36. The zero-order valence-electron chi connectivity index (χ0n) is 20.1. The van der Waals surface area contributed by atoms with Gasteiger partial charge in [-0.05, 0) is 58.1 Å². The van der Waals surface area contributed by atoms with Crippen LogP contribution < -0.4 is 10.1 Å². The Balaban J connectivity index is 1.43. The zero-order valence-corrected chi connectivity index (χ0v) is 20.1. The molecule has 1 N–H and O–H groups in total. The Morgan fingerprint density at radius 1 is 1.06 bits per heavy atom. The molecular formula is C28H37N3O2. The van der Waals surface area contributed by atoms with Gasteiger partial charge in [-0.2, -0.15) is 0 Å². The Labute approximate surface area is 197 Å². The molecule has 0 spiro atoms. The van der Waals surface area contributed by atoms with E-state index in [1.807, 2.05) is 19.9 Å². The van der Waals surface area contributed by atoms with Crippen molar-refractivity contribution in [1.82, 2.24) is 14.9 Å². The number of carbonyl (C=O) groups excluding carboxylic acids is 1. The highest BCUT2D eigenvalue weighted by molar-refractivity contribution is 5.82. The SMILES string of the molecule is CC(C)NC(=O)CCCCCOc1ccc2nc(-c3ccccc3)n(C3CCCCC3)c2c1. The van der Waals surface area contributed by atoms with Gasteiger partial charge in [0.2, 0.25) is 5.91 Å². The molecule has 1 heterocycles. The Kier molecular flexibility index (Phi) is 8.03. The number of aromatic nitrogens is 2. The molecule has 5 nitrogen and oxygen atoms in total. The number of hydrogen-bond donors (Lipinski definition) is 1. The molecule has 0 bridgehead atoms. The van der Waals surface area contributed by atoms with Gasteiger partial charge in [0.05, 0.1) is 17.6 Å². The van der Waals surface area contributed by atoms with Gasteiger partial charge in [0.25, 0.3) is 0 Å². The van der Waals surface area contributed by atoms with E-state index in [0.717, 1.165) is 36.4 Å². The molecule has 3 aromatic rings. The first-order valence-electron chi connectivity index (χ1n) is 12.6. The van der Waals surface area contributed by atoms with Gasteiger partial charge in [-0.15, -0.1) is 0 Å². The summed E-state index contributed by atoms with van der Waals surface area (Å²) in [5.41, 5.74) is 3.37. The molecule has 0 saturated heterocycles. The van der Waals surface area contributed by atoms with Crippen LogP contribution in [0.25, 0.3) is 22.4 Å². The van der Waals surface area contributed by atoms with Crippen molar-refractivity contribution in [2.75, 3.05) is 6.61 Å². The molecule has 1 saturated carbocycles. The summed E-state index contributed by atoms with van der Waals surface area (Å²) < 4.78 is 8.56. The zero-order chi connectivity index (χ0) is 23.0. The van der Waals surface area contributed by atoms with Crippen LogP contribution in [0.2, 0.25) is 0 Å². The maximum atomic E-state index is 11.7. The molecule has 0 radical (unpaired) electrons. The summed E-state index contributed by atoms with van der Waals surface area (Å²) in [5.74, 6) is 2.10. The Morgan fingerprint density at radius 2 is 1.85 bits per heavy atom. The number of imidazole rings is 1. The molecule has 176 valence electrons. The fourth-order valence-electron chi connectivity index (χ4n) is 4.81. The minimum absolute atomic E-state index is 0.140. The monoisotopic (exact) mass is 447 g/mol. The van der Waals surface area contributed by atoms with Gasteiger partial charge in [-0.3, -0.25) is 4.79 Å². The number of benzene rings is 2. The average Bonchev–Trinajstić information content (AvgIpc) is 3.21. The second-order valence-corrected chi connectivity index (χ2v) is 9.50. The highest BCUT2D eigenvalue weighted by Gasteiger charge is 2.22. The topological polar surface area (TPSA) is 56.1 Å². The summed E-state index contributed by atoms with van der Waals surface area (Å²) in [6, 6.07) is 17.5. The van der Waals surface area contributed by atoms with E-state index in [1.54, 1.807) is 0 Å².